The number of fused-ring (bicyclic) bond motifs is 1. The van der Waals surface area contributed by atoms with E-state index in [1.54, 1.807) is 48.9 Å². The third-order valence-electron chi connectivity index (χ3n) is 4.77. The first-order valence-electron chi connectivity index (χ1n) is 9.07. The van der Waals surface area contributed by atoms with Gasteiger partial charge in [-0.15, -0.1) is 0 Å². The summed E-state index contributed by atoms with van der Waals surface area (Å²) in [5.41, 5.74) is 2.89. The Morgan fingerprint density at radius 1 is 0.897 bits per heavy atom. The molecule has 0 fully saturated rings. The third-order valence-corrected chi connectivity index (χ3v) is 4.77. The maximum atomic E-state index is 13.0. The number of rotatable bonds is 6. The maximum absolute atomic E-state index is 13.0. The molecule has 7 heteroatoms. The largest absolute Gasteiger partial charge is 0.497 e. The van der Waals surface area contributed by atoms with Crippen molar-refractivity contribution in [1.82, 2.24) is 14.2 Å². The standard InChI is InChI=1S/C22H21N3O4/c1-27-17-6-4-5-15(11-17)14-24-9-10-25-19(22(24)26)13-18(23-25)16-7-8-20(28-2)21(12-16)29-3/h4-13H,14H2,1-3H3. The molecule has 2 aromatic carbocycles. The second-order valence-corrected chi connectivity index (χ2v) is 6.51. The van der Waals surface area contributed by atoms with Crippen LogP contribution in [0.5, 0.6) is 17.2 Å². The van der Waals surface area contributed by atoms with Crippen LogP contribution in [0.3, 0.4) is 0 Å². The minimum atomic E-state index is -0.116. The summed E-state index contributed by atoms with van der Waals surface area (Å²) in [4.78, 5) is 13.0. The third kappa shape index (κ3) is 3.54. The fraction of sp³-hybridized carbons (Fsp3) is 0.182. The zero-order valence-electron chi connectivity index (χ0n) is 16.5. The molecule has 29 heavy (non-hydrogen) atoms. The summed E-state index contributed by atoms with van der Waals surface area (Å²) < 4.78 is 19.2. The highest BCUT2D eigenvalue weighted by Crippen LogP contribution is 2.31. The molecule has 0 N–H and O–H groups in total. The fourth-order valence-corrected chi connectivity index (χ4v) is 3.25. The summed E-state index contributed by atoms with van der Waals surface area (Å²) in [6, 6.07) is 15.0. The molecule has 0 spiro atoms. The quantitative estimate of drug-likeness (QED) is 0.505. The normalized spacial score (nSPS) is 10.9. The Balaban J connectivity index is 1.72. The SMILES string of the molecule is COc1cccc(Cn2ccn3nc(-c4ccc(OC)c(OC)c4)cc3c2=O)c1. The molecule has 2 aromatic heterocycles. The van der Waals surface area contributed by atoms with Gasteiger partial charge in [-0.25, -0.2) is 4.52 Å². The molecule has 4 aromatic rings. The van der Waals surface area contributed by atoms with Crippen molar-refractivity contribution in [3.8, 4) is 28.5 Å². The first-order valence-corrected chi connectivity index (χ1v) is 9.07. The summed E-state index contributed by atoms with van der Waals surface area (Å²) in [6.45, 7) is 0.448. The molecule has 0 unspecified atom stereocenters. The highest BCUT2D eigenvalue weighted by Gasteiger charge is 2.12. The number of benzene rings is 2. The predicted molar refractivity (Wildman–Crippen MR) is 110 cm³/mol. The molecule has 0 atom stereocenters. The molecule has 0 bridgehead atoms. The summed E-state index contributed by atoms with van der Waals surface area (Å²) >= 11 is 0. The fourth-order valence-electron chi connectivity index (χ4n) is 3.25. The highest BCUT2D eigenvalue weighted by atomic mass is 16.5. The van der Waals surface area contributed by atoms with E-state index in [1.165, 1.54) is 0 Å². The van der Waals surface area contributed by atoms with Gasteiger partial charge in [-0.1, -0.05) is 12.1 Å². The van der Waals surface area contributed by atoms with E-state index >= 15 is 0 Å². The average Bonchev–Trinajstić information content (AvgIpc) is 3.20. The zero-order valence-corrected chi connectivity index (χ0v) is 16.5. The molecule has 0 radical (unpaired) electrons. The molecule has 148 valence electrons. The topological polar surface area (TPSA) is 67.0 Å². The Hall–Kier alpha value is -3.74. The van der Waals surface area contributed by atoms with Crippen LogP contribution in [0, 0.1) is 0 Å². The van der Waals surface area contributed by atoms with Crippen molar-refractivity contribution in [2.45, 2.75) is 6.54 Å². The lowest BCUT2D eigenvalue weighted by atomic mass is 10.1. The number of methoxy groups -OCH3 is 3. The lowest BCUT2D eigenvalue weighted by Crippen LogP contribution is -2.21. The molecule has 4 rings (SSSR count). The Bertz CT molecular complexity index is 1230. The lowest BCUT2D eigenvalue weighted by Gasteiger charge is -2.08. The van der Waals surface area contributed by atoms with E-state index in [9.17, 15) is 4.79 Å². The van der Waals surface area contributed by atoms with Crippen LogP contribution >= 0.6 is 0 Å². The number of hydrogen-bond donors (Lipinski definition) is 0. The van der Waals surface area contributed by atoms with E-state index in [0.717, 1.165) is 16.9 Å². The average molecular weight is 391 g/mol. The molecule has 0 aliphatic heterocycles. The van der Waals surface area contributed by atoms with Crippen molar-refractivity contribution in [3.05, 3.63) is 76.8 Å². The van der Waals surface area contributed by atoms with Crippen molar-refractivity contribution in [2.75, 3.05) is 21.3 Å². The van der Waals surface area contributed by atoms with Gasteiger partial charge in [0.1, 0.15) is 11.3 Å². The molecule has 2 heterocycles. The van der Waals surface area contributed by atoms with E-state index in [2.05, 4.69) is 5.10 Å². The van der Waals surface area contributed by atoms with Gasteiger partial charge in [-0.2, -0.15) is 5.10 Å². The molecular formula is C22H21N3O4. The number of aromatic nitrogens is 3. The minimum absolute atomic E-state index is 0.116. The van der Waals surface area contributed by atoms with Gasteiger partial charge in [-0.05, 0) is 42.0 Å². The van der Waals surface area contributed by atoms with Gasteiger partial charge in [0, 0.05) is 18.0 Å². The van der Waals surface area contributed by atoms with Gasteiger partial charge in [0.2, 0.25) is 0 Å². The zero-order chi connectivity index (χ0) is 20.4. The lowest BCUT2D eigenvalue weighted by molar-refractivity contribution is 0.355. The van der Waals surface area contributed by atoms with Crippen LogP contribution in [-0.2, 0) is 6.54 Å². The van der Waals surface area contributed by atoms with Gasteiger partial charge >= 0.3 is 0 Å². The second-order valence-electron chi connectivity index (χ2n) is 6.51. The Morgan fingerprint density at radius 3 is 2.48 bits per heavy atom. The first-order chi connectivity index (χ1) is 14.1. The van der Waals surface area contributed by atoms with Crippen LogP contribution < -0.4 is 19.8 Å². The van der Waals surface area contributed by atoms with Crippen molar-refractivity contribution in [1.29, 1.82) is 0 Å². The van der Waals surface area contributed by atoms with Gasteiger partial charge in [-0.3, -0.25) is 4.79 Å². The number of nitrogens with zero attached hydrogens (tertiary/aromatic N) is 3. The van der Waals surface area contributed by atoms with E-state index in [0.29, 0.717) is 29.3 Å². The molecule has 0 saturated carbocycles. The summed E-state index contributed by atoms with van der Waals surface area (Å²) in [6.07, 6.45) is 3.52. The van der Waals surface area contributed by atoms with E-state index < -0.39 is 0 Å². The van der Waals surface area contributed by atoms with E-state index in [4.69, 9.17) is 14.2 Å². The molecule has 7 nitrogen and oxygen atoms in total. The van der Waals surface area contributed by atoms with Crippen molar-refractivity contribution < 1.29 is 14.2 Å². The Morgan fingerprint density at radius 2 is 1.72 bits per heavy atom. The van der Waals surface area contributed by atoms with E-state index in [-0.39, 0.29) is 5.56 Å². The summed E-state index contributed by atoms with van der Waals surface area (Å²) in [5, 5.41) is 4.54. The number of ether oxygens (including phenoxy) is 3. The molecule has 0 aliphatic rings. The Kier molecular flexibility index (Phi) is 4.95. The van der Waals surface area contributed by atoms with Crippen LogP contribution in [0.1, 0.15) is 5.56 Å². The molecule has 0 aliphatic carbocycles. The van der Waals surface area contributed by atoms with Gasteiger partial charge in [0.05, 0.1) is 33.6 Å². The van der Waals surface area contributed by atoms with Gasteiger partial charge in [0.15, 0.2) is 11.5 Å². The van der Waals surface area contributed by atoms with E-state index in [1.807, 2.05) is 42.5 Å². The first kappa shape index (κ1) is 18.6. The van der Waals surface area contributed by atoms with Gasteiger partial charge < -0.3 is 18.8 Å². The van der Waals surface area contributed by atoms with Crippen LogP contribution in [0.2, 0.25) is 0 Å². The minimum Gasteiger partial charge on any atom is -0.497 e. The van der Waals surface area contributed by atoms with Crippen LogP contribution in [0.4, 0.5) is 0 Å². The second kappa shape index (κ2) is 7.71. The Labute approximate surface area is 167 Å². The molecule has 0 saturated heterocycles. The smallest absolute Gasteiger partial charge is 0.276 e. The molecular weight excluding hydrogens is 370 g/mol. The van der Waals surface area contributed by atoms with Crippen LogP contribution in [-0.4, -0.2) is 35.5 Å². The maximum Gasteiger partial charge on any atom is 0.276 e. The van der Waals surface area contributed by atoms with Crippen LogP contribution in [0.25, 0.3) is 16.8 Å². The van der Waals surface area contributed by atoms with Crippen molar-refractivity contribution in [3.63, 3.8) is 0 Å². The number of hydrogen-bond acceptors (Lipinski definition) is 5. The van der Waals surface area contributed by atoms with Gasteiger partial charge in [0.25, 0.3) is 5.56 Å². The summed E-state index contributed by atoms with van der Waals surface area (Å²) in [5.74, 6) is 2.01. The summed E-state index contributed by atoms with van der Waals surface area (Å²) in [7, 11) is 4.80. The van der Waals surface area contributed by atoms with Crippen molar-refractivity contribution >= 4 is 5.52 Å². The molecule has 0 amide bonds. The van der Waals surface area contributed by atoms with Crippen molar-refractivity contribution in [2.24, 2.45) is 0 Å². The predicted octanol–water partition coefficient (Wildman–Crippen LogP) is 3.24. The monoisotopic (exact) mass is 391 g/mol. The van der Waals surface area contributed by atoms with Crippen LogP contribution in [0.15, 0.2) is 65.7 Å². The highest BCUT2D eigenvalue weighted by molar-refractivity contribution is 5.68.